The van der Waals surface area contributed by atoms with E-state index in [4.69, 9.17) is 13.9 Å². The van der Waals surface area contributed by atoms with Crippen LogP contribution >= 0.6 is 0 Å². The van der Waals surface area contributed by atoms with E-state index >= 15 is 0 Å². The highest BCUT2D eigenvalue weighted by Gasteiger charge is 2.48. The molecule has 1 saturated carbocycles. The van der Waals surface area contributed by atoms with Crippen molar-refractivity contribution in [3.63, 3.8) is 0 Å². The molecular weight excluding hydrogens is 466 g/mol. The Bertz CT molecular complexity index is 1530. The average Bonchev–Trinajstić information content (AvgIpc) is 3.50. The third kappa shape index (κ3) is 4.45. The predicted molar refractivity (Wildman–Crippen MR) is 139 cm³/mol. The molecule has 1 aliphatic carbocycles. The summed E-state index contributed by atoms with van der Waals surface area (Å²) in [5.41, 5.74) is 5.04. The molecule has 1 saturated heterocycles. The molecule has 1 spiro atoms. The van der Waals surface area contributed by atoms with Gasteiger partial charge in [0.05, 0.1) is 17.8 Å². The van der Waals surface area contributed by atoms with Gasteiger partial charge in [0.2, 0.25) is 0 Å². The van der Waals surface area contributed by atoms with Crippen LogP contribution in [0.2, 0.25) is 0 Å². The summed E-state index contributed by atoms with van der Waals surface area (Å²) in [4.78, 5) is 18.2. The van der Waals surface area contributed by atoms with Crippen LogP contribution in [0, 0.1) is 11.3 Å². The highest BCUT2D eigenvalue weighted by atomic mass is 16.5. The second-order valence-electron chi connectivity index (χ2n) is 10.0. The van der Waals surface area contributed by atoms with Crippen molar-refractivity contribution in [2.24, 2.45) is 0 Å². The molecule has 2 aromatic carbocycles. The maximum atomic E-state index is 12.2. The second kappa shape index (κ2) is 9.06. The van der Waals surface area contributed by atoms with Crippen molar-refractivity contribution >= 4 is 17.0 Å². The lowest BCUT2D eigenvalue weighted by Crippen LogP contribution is -2.34. The molecule has 0 N–H and O–H groups in total. The number of nitrogens with zero attached hydrogens (tertiary/aromatic N) is 3. The van der Waals surface area contributed by atoms with E-state index in [-0.39, 0.29) is 17.6 Å². The molecule has 1 unspecified atom stereocenters. The molecule has 3 heterocycles. The van der Waals surface area contributed by atoms with E-state index in [1.54, 1.807) is 37.3 Å². The van der Waals surface area contributed by atoms with Crippen LogP contribution in [-0.4, -0.2) is 48.2 Å². The molecule has 1 aliphatic heterocycles. The van der Waals surface area contributed by atoms with Crippen LogP contribution in [0.1, 0.15) is 41.6 Å². The zero-order chi connectivity index (χ0) is 25.6. The van der Waals surface area contributed by atoms with Crippen molar-refractivity contribution in [3.05, 3.63) is 71.9 Å². The first-order valence-electron chi connectivity index (χ1n) is 12.5. The molecule has 1 amide bonds. The number of rotatable bonds is 5. The lowest BCUT2D eigenvalue weighted by Gasteiger charge is -2.30. The molecule has 2 aromatic heterocycles. The minimum Gasteiger partial charge on any atom is -0.489 e. The Kier molecular flexibility index (Phi) is 5.69. The Morgan fingerprint density at radius 2 is 1.89 bits per heavy atom. The van der Waals surface area contributed by atoms with Crippen LogP contribution in [0.25, 0.3) is 33.6 Å². The topological polar surface area (TPSA) is 88.6 Å². The van der Waals surface area contributed by atoms with Crippen molar-refractivity contribution in [3.8, 4) is 34.3 Å². The summed E-state index contributed by atoms with van der Waals surface area (Å²) >= 11 is 0. The van der Waals surface area contributed by atoms with Crippen molar-refractivity contribution in [1.82, 2.24) is 9.88 Å². The van der Waals surface area contributed by atoms with Gasteiger partial charge in [0.1, 0.15) is 29.2 Å². The van der Waals surface area contributed by atoms with E-state index in [1.807, 2.05) is 42.5 Å². The number of hydrogen-bond acceptors (Lipinski definition) is 6. The van der Waals surface area contributed by atoms with Gasteiger partial charge in [-0.15, -0.1) is 0 Å². The molecule has 7 heteroatoms. The quantitative estimate of drug-likeness (QED) is 0.348. The van der Waals surface area contributed by atoms with E-state index in [9.17, 15) is 10.1 Å². The molecule has 4 aromatic rings. The highest BCUT2D eigenvalue weighted by molar-refractivity contribution is 5.95. The summed E-state index contributed by atoms with van der Waals surface area (Å²) in [6.07, 6.45) is 5.71. The number of carbonyl (C=O) groups excluding carboxylic acids is 1. The van der Waals surface area contributed by atoms with Gasteiger partial charge in [-0.1, -0.05) is 18.2 Å². The van der Waals surface area contributed by atoms with Gasteiger partial charge in [0.15, 0.2) is 5.58 Å². The van der Waals surface area contributed by atoms with Crippen molar-refractivity contribution in [2.45, 2.75) is 37.4 Å². The fourth-order valence-electron chi connectivity index (χ4n) is 4.98. The molecular formula is C30H27N3O4. The fourth-order valence-corrected chi connectivity index (χ4v) is 4.98. The van der Waals surface area contributed by atoms with Crippen LogP contribution in [-0.2, 0) is 4.74 Å². The first kappa shape index (κ1) is 23.3. The Hall–Kier alpha value is -4.15. The summed E-state index contributed by atoms with van der Waals surface area (Å²) in [7, 11) is 3.46. The van der Waals surface area contributed by atoms with Gasteiger partial charge in [0.25, 0.3) is 5.91 Å². The third-order valence-electron chi connectivity index (χ3n) is 7.19. The van der Waals surface area contributed by atoms with E-state index in [0.717, 1.165) is 47.9 Å². The number of furan rings is 1. The van der Waals surface area contributed by atoms with Crippen LogP contribution in [0.3, 0.4) is 0 Å². The van der Waals surface area contributed by atoms with E-state index < -0.39 is 0 Å². The molecule has 6 rings (SSSR count). The Balaban J connectivity index is 1.29. The van der Waals surface area contributed by atoms with Crippen molar-refractivity contribution in [2.75, 3.05) is 20.7 Å². The summed E-state index contributed by atoms with van der Waals surface area (Å²) in [6, 6.07) is 19.1. The number of carbonyl (C=O) groups is 1. The number of ether oxygens (including phenoxy) is 2. The average molecular weight is 494 g/mol. The van der Waals surface area contributed by atoms with Gasteiger partial charge in [-0.3, -0.25) is 9.78 Å². The molecule has 1 atom stereocenters. The second-order valence-corrected chi connectivity index (χ2v) is 10.0. The van der Waals surface area contributed by atoms with Gasteiger partial charge < -0.3 is 18.8 Å². The normalized spacial score (nSPS) is 17.9. The predicted octanol–water partition coefficient (Wildman–Crippen LogP) is 5.83. The monoisotopic (exact) mass is 493 g/mol. The molecule has 2 fully saturated rings. The Morgan fingerprint density at radius 3 is 2.62 bits per heavy atom. The van der Waals surface area contributed by atoms with Gasteiger partial charge in [-0.05, 0) is 48.7 Å². The summed E-state index contributed by atoms with van der Waals surface area (Å²) in [5, 5.41) is 9.88. The largest absolute Gasteiger partial charge is 0.489 e. The van der Waals surface area contributed by atoms with Crippen LogP contribution in [0.5, 0.6) is 5.75 Å². The number of fused-ring (bicyclic) bond motifs is 1. The van der Waals surface area contributed by atoms with E-state index in [0.29, 0.717) is 34.8 Å². The molecule has 7 nitrogen and oxygen atoms in total. The lowest BCUT2D eigenvalue weighted by atomic mass is 10.0. The van der Waals surface area contributed by atoms with Crippen molar-refractivity contribution < 1.29 is 18.7 Å². The number of hydrogen-bond donors (Lipinski definition) is 0. The first-order valence-corrected chi connectivity index (χ1v) is 12.5. The molecule has 0 bridgehead atoms. The van der Waals surface area contributed by atoms with Crippen molar-refractivity contribution in [1.29, 1.82) is 5.26 Å². The molecule has 0 radical (unpaired) electrons. The number of aromatic nitrogens is 1. The van der Waals surface area contributed by atoms with Crippen LogP contribution in [0.15, 0.2) is 65.2 Å². The number of nitriles is 1. The number of amides is 1. The highest BCUT2D eigenvalue weighted by Crippen LogP contribution is 2.47. The molecule has 37 heavy (non-hydrogen) atoms. The van der Waals surface area contributed by atoms with E-state index in [2.05, 4.69) is 11.1 Å². The summed E-state index contributed by atoms with van der Waals surface area (Å²) in [5.74, 6) is 1.21. The minimum atomic E-state index is -0.0512. The molecule has 2 aliphatic rings. The van der Waals surface area contributed by atoms with Gasteiger partial charge in [0, 0.05) is 55.9 Å². The maximum Gasteiger partial charge on any atom is 0.253 e. The van der Waals surface area contributed by atoms with Gasteiger partial charge >= 0.3 is 0 Å². The zero-order valence-corrected chi connectivity index (χ0v) is 20.9. The Labute approximate surface area is 215 Å². The summed E-state index contributed by atoms with van der Waals surface area (Å²) in [6.45, 7) is 0.704. The number of benzene rings is 2. The van der Waals surface area contributed by atoms with E-state index in [1.165, 1.54) is 0 Å². The van der Waals surface area contributed by atoms with Crippen LogP contribution < -0.4 is 4.74 Å². The summed E-state index contributed by atoms with van der Waals surface area (Å²) < 4.78 is 18.4. The third-order valence-corrected chi connectivity index (χ3v) is 7.19. The maximum absolute atomic E-state index is 12.2. The van der Waals surface area contributed by atoms with Gasteiger partial charge in [-0.2, -0.15) is 5.26 Å². The molecule has 186 valence electrons. The van der Waals surface area contributed by atoms with Gasteiger partial charge in [-0.25, -0.2) is 0 Å². The van der Waals surface area contributed by atoms with Crippen LogP contribution in [0.4, 0.5) is 0 Å². The minimum absolute atomic E-state index is 0.0114. The smallest absolute Gasteiger partial charge is 0.253 e. The fraction of sp³-hybridized carbons (Fsp3) is 0.300. The lowest BCUT2D eigenvalue weighted by molar-refractivity contribution is -0.0513. The standard InChI is InChI=1S/C30H27N3O4/c1-33(2)29(34)20-5-3-19(4-6-20)27-16-25-28(37-27)24(9-13-32-25)21-7-8-26(22(15-21)18-31)36-23-10-14-35-30(17-23)11-12-30/h3-9,13,15-16,23H,10-12,14,17H2,1-2H3. The zero-order valence-electron chi connectivity index (χ0n) is 20.9. The SMILES string of the molecule is CN(C)C(=O)c1ccc(-c2cc3nccc(-c4ccc(OC5CCOC6(CC6)C5)c(C#N)c4)c3o2)cc1. The first-order chi connectivity index (χ1) is 17.9. The number of pyridine rings is 1. The Morgan fingerprint density at radius 1 is 1.11 bits per heavy atom.